The van der Waals surface area contributed by atoms with Crippen LogP contribution in [0.2, 0.25) is 0 Å². The van der Waals surface area contributed by atoms with Crippen molar-refractivity contribution in [2.75, 3.05) is 0 Å². The first kappa shape index (κ1) is 8.79. The van der Waals surface area contributed by atoms with E-state index in [1.165, 1.54) is 0 Å². The third-order valence-corrected chi connectivity index (χ3v) is 3.14. The summed E-state index contributed by atoms with van der Waals surface area (Å²) in [6.45, 7) is 8.22. The minimum Gasteiger partial charge on any atom is -0.393 e. The molecule has 64 valence electrons. The lowest BCUT2D eigenvalue weighted by atomic mass is 9.72. The Morgan fingerprint density at radius 2 is 2.00 bits per heavy atom. The van der Waals surface area contributed by atoms with Crippen molar-refractivity contribution in [1.82, 2.24) is 0 Å². The fourth-order valence-corrected chi connectivity index (χ4v) is 1.99. The molecule has 0 aromatic heterocycles. The molecule has 4 unspecified atom stereocenters. The molecule has 0 aliphatic heterocycles. The predicted octanol–water partition coefficient (Wildman–Crippen LogP) is 2.22. The molecule has 1 saturated carbocycles. The third-order valence-electron chi connectivity index (χ3n) is 3.14. The Bertz CT molecular complexity index is 142. The van der Waals surface area contributed by atoms with Crippen LogP contribution in [0.1, 0.15) is 26.7 Å². The molecule has 0 saturated heterocycles. The van der Waals surface area contributed by atoms with Gasteiger partial charge in [-0.25, -0.2) is 0 Å². The van der Waals surface area contributed by atoms with Gasteiger partial charge in [-0.15, -0.1) is 6.58 Å². The van der Waals surface area contributed by atoms with Gasteiger partial charge in [-0.2, -0.15) is 0 Å². The van der Waals surface area contributed by atoms with Gasteiger partial charge in [-0.1, -0.05) is 19.9 Å². The van der Waals surface area contributed by atoms with Crippen LogP contribution in [0.4, 0.5) is 0 Å². The number of hydrogen-bond donors (Lipinski definition) is 1. The minimum atomic E-state index is -0.140. The summed E-state index contributed by atoms with van der Waals surface area (Å²) in [5.74, 6) is 1.65. The van der Waals surface area contributed by atoms with E-state index < -0.39 is 0 Å². The van der Waals surface area contributed by atoms with Crippen molar-refractivity contribution in [2.45, 2.75) is 32.8 Å². The maximum atomic E-state index is 9.59. The number of aliphatic hydroxyl groups excluding tert-OH is 1. The van der Waals surface area contributed by atoms with Crippen molar-refractivity contribution in [3.8, 4) is 0 Å². The maximum absolute atomic E-state index is 9.59. The van der Waals surface area contributed by atoms with E-state index in [0.717, 1.165) is 18.8 Å². The molecule has 1 aliphatic carbocycles. The van der Waals surface area contributed by atoms with Crippen LogP contribution in [0.15, 0.2) is 12.7 Å². The summed E-state index contributed by atoms with van der Waals surface area (Å²) in [7, 11) is 0. The average Bonchev–Trinajstić information content (AvgIpc) is 1.99. The van der Waals surface area contributed by atoms with Crippen molar-refractivity contribution >= 4 is 0 Å². The zero-order valence-corrected chi connectivity index (χ0v) is 7.46. The summed E-state index contributed by atoms with van der Waals surface area (Å²) < 4.78 is 0. The van der Waals surface area contributed by atoms with Crippen molar-refractivity contribution in [2.24, 2.45) is 17.8 Å². The molecule has 0 spiro atoms. The predicted molar refractivity (Wildman–Crippen MR) is 47.3 cm³/mol. The van der Waals surface area contributed by atoms with E-state index in [4.69, 9.17) is 0 Å². The van der Waals surface area contributed by atoms with E-state index in [1.54, 1.807) is 0 Å². The van der Waals surface area contributed by atoms with Gasteiger partial charge in [0.05, 0.1) is 6.10 Å². The molecular weight excluding hydrogens is 136 g/mol. The van der Waals surface area contributed by atoms with Crippen molar-refractivity contribution < 1.29 is 5.11 Å². The van der Waals surface area contributed by atoms with Gasteiger partial charge in [0.2, 0.25) is 0 Å². The summed E-state index contributed by atoms with van der Waals surface area (Å²) in [6.07, 6.45) is 3.87. The van der Waals surface area contributed by atoms with E-state index in [2.05, 4.69) is 20.4 Å². The minimum absolute atomic E-state index is 0.140. The second-order valence-corrected chi connectivity index (χ2v) is 3.79. The number of aliphatic hydroxyl groups is 1. The van der Waals surface area contributed by atoms with Crippen LogP contribution in [-0.2, 0) is 0 Å². The first-order chi connectivity index (χ1) is 5.16. The second-order valence-electron chi connectivity index (χ2n) is 3.79. The Labute approximate surface area is 69.1 Å². The fourth-order valence-electron chi connectivity index (χ4n) is 1.99. The SMILES string of the molecule is C=CC1C(O)CCC(C)C1C. The van der Waals surface area contributed by atoms with Crippen LogP contribution in [0, 0.1) is 17.8 Å². The lowest BCUT2D eigenvalue weighted by molar-refractivity contribution is 0.0381. The van der Waals surface area contributed by atoms with Crippen LogP contribution in [0.3, 0.4) is 0 Å². The van der Waals surface area contributed by atoms with Gasteiger partial charge in [0.1, 0.15) is 0 Å². The molecule has 0 aromatic rings. The van der Waals surface area contributed by atoms with Gasteiger partial charge >= 0.3 is 0 Å². The zero-order valence-electron chi connectivity index (χ0n) is 7.46. The molecule has 11 heavy (non-hydrogen) atoms. The topological polar surface area (TPSA) is 20.2 Å². The Morgan fingerprint density at radius 3 is 2.45 bits per heavy atom. The highest BCUT2D eigenvalue weighted by Crippen LogP contribution is 2.34. The van der Waals surface area contributed by atoms with Gasteiger partial charge in [0.15, 0.2) is 0 Å². The maximum Gasteiger partial charge on any atom is 0.0605 e. The highest BCUT2D eigenvalue weighted by Gasteiger charge is 2.31. The first-order valence-corrected chi connectivity index (χ1v) is 4.47. The Balaban J connectivity index is 2.62. The van der Waals surface area contributed by atoms with Crippen LogP contribution < -0.4 is 0 Å². The van der Waals surface area contributed by atoms with E-state index >= 15 is 0 Å². The van der Waals surface area contributed by atoms with E-state index in [0.29, 0.717) is 11.8 Å². The lowest BCUT2D eigenvalue weighted by Gasteiger charge is -2.36. The highest BCUT2D eigenvalue weighted by molar-refractivity contribution is 4.93. The fraction of sp³-hybridized carbons (Fsp3) is 0.800. The molecule has 0 radical (unpaired) electrons. The van der Waals surface area contributed by atoms with E-state index in [-0.39, 0.29) is 6.10 Å². The number of hydrogen-bond acceptors (Lipinski definition) is 1. The Hall–Kier alpha value is -0.300. The van der Waals surface area contributed by atoms with Gasteiger partial charge in [-0.3, -0.25) is 0 Å². The summed E-state index contributed by atoms with van der Waals surface area (Å²) in [4.78, 5) is 0. The summed E-state index contributed by atoms with van der Waals surface area (Å²) in [5, 5.41) is 9.59. The van der Waals surface area contributed by atoms with Crippen LogP contribution in [0.25, 0.3) is 0 Å². The van der Waals surface area contributed by atoms with Gasteiger partial charge in [-0.05, 0) is 24.7 Å². The Kier molecular flexibility index (Phi) is 2.72. The van der Waals surface area contributed by atoms with E-state index in [9.17, 15) is 5.11 Å². The summed E-state index contributed by atoms with van der Waals surface area (Å²) >= 11 is 0. The standard InChI is InChI=1S/C10H18O/c1-4-9-8(3)7(2)5-6-10(9)11/h4,7-11H,1,5-6H2,2-3H3. The molecule has 1 N–H and O–H groups in total. The third kappa shape index (κ3) is 1.64. The molecule has 0 heterocycles. The molecule has 1 rings (SSSR count). The average molecular weight is 154 g/mol. The number of rotatable bonds is 1. The molecule has 1 heteroatoms. The van der Waals surface area contributed by atoms with Gasteiger partial charge in [0.25, 0.3) is 0 Å². The second kappa shape index (κ2) is 3.40. The quantitative estimate of drug-likeness (QED) is 0.574. The molecule has 1 fully saturated rings. The summed E-state index contributed by atoms with van der Waals surface area (Å²) in [6, 6.07) is 0. The van der Waals surface area contributed by atoms with Crippen LogP contribution in [-0.4, -0.2) is 11.2 Å². The smallest absolute Gasteiger partial charge is 0.0605 e. The molecule has 0 amide bonds. The zero-order chi connectivity index (χ0) is 8.43. The largest absolute Gasteiger partial charge is 0.393 e. The normalized spacial score (nSPS) is 45.4. The summed E-state index contributed by atoms with van der Waals surface area (Å²) in [5.41, 5.74) is 0. The molecule has 0 aromatic carbocycles. The highest BCUT2D eigenvalue weighted by atomic mass is 16.3. The molecule has 4 atom stereocenters. The van der Waals surface area contributed by atoms with Crippen LogP contribution in [0.5, 0.6) is 0 Å². The van der Waals surface area contributed by atoms with Crippen molar-refractivity contribution in [3.05, 3.63) is 12.7 Å². The lowest BCUT2D eigenvalue weighted by Crippen LogP contribution is -2.33. The van der Waals surface area contributed by atoms with Crippen molar-refractivity contribution in [1.29, 1.82) is 0 Å². The molecule has 1 nitrogen and oxygen atoms in total. The Morgan fingerprint density at radius 1 is 1.36 bits per heavy atom. The van der Waals surface area contributed by atoms with Crippen LogP contribution >= 0.6 is 0 Å². The van der Waals surface area contributed by atoms with Crippen molar-refractivity contribution in [3.63, 3.8) is 0 Å². The molecule has 0 bridgehead atoms. The monoisotopic (exact) mass is 154 g/mol. The van der Waals surface area contributed by atoms with Gasteiger partial charge in [0, 0.05) is 5.92 Å². The van der Waals surface area contributed by atoms with E-state index in [1.807, 2.05) is 6.08 Å². The first-order valence-electron chi connectivity index (χ1n) is 4.47. The van der Waals surface area contributed by atoms with Gasteiger partial charge < -0.3 is 5.11 Å². The molecule has 1 aliphatic rings. The molecular formula is C10H18O.